The summed E-state index contributed by atoms with van der Waals surface area (Å²) in [4.78, 5) is 16.5. The fourth-order valence-electron chi connectivity index (χ4n) is 3.38. The van der Waals surface area contributed by atoms with Crippen molar-refractivity contribution in [3.8, 4) is 0 Å². The van der Waals surface area contributed by atoms with E-state index in [4.69, 9.17) is 0 Å². The average molecular weight is 334 g/mol. The van der Waals surface area contributed by atoms with E-state index in [0.717, 1.165) is 6.07 Å². The maximum Gasteiger partial charge on any atom is 0.416 e. The van der Waals surface area contributed by atoms with Crippen molar-refractivity contribution in [1.82, 2.24) is 14.8 Å². The summed E-state index contributed by atoms with van der Waals surface area (Å²) in [6.07, 6.45) is -1.63. The van der Waals surface area contributed by atoms with Gasteiger partial charge < -0.3 is 5.32 Å². The van der Waals surface area contributed by atoms with Crippen LogP contribution in [0.4, 0.5) is 19.1 Å². The lowest BCUT2D eigenvalue weighted by Gasteiger charge is -2.33. The minimum Gasteiger partial charge on any atom is -0.328 e. The Morgan fingerprint density at radius 2 is 2.00 bits per heavy atom. The number of allylic oxidation sites excluding steroid dienone is 2. The molecule has 1 aliphatic carbocycles. The summed E-state index contributed by atoms with van der Waals surface area (Å²) in [5, 5.41) is 7.09. The number of halogens is 3. The molecule has 124 valence electrons. The third-order valence-electron chi connectivity index (χ3n) is 4.37. The van der Waals surface area contributed by atoms with Crippen LogP contribution in [-0.2, 0) is 11.0 Å². The van der Waals surface area contributed by atoms with Crippen molar-refractivity contribution in [1.29, 1.82) is 0 Å². The standard InChI is InChI=1S/C16H13F3N4O/c17-16(18,19)10-5-2-1-4-9(10)14-13-11(6-3-7-12(13)24)22-15-20-8-21-23(14)15/h1-2,4-5,8,14H,3,6-7H2,(H,20,21,22). The van der Waals surface area contributed by atoms with E-state index in [1.165, 1.54) is 29.2 Å². The van der Waals surface area contributed by atoms with E-state index < -0.39 is 17.8 Å². The van der Waals surface area contributed by atoms with Gasteiger partial charge in [-0.05, 0) is 24.5 Å². The Balaban J connectivity index is 1.97. The number of Topliss-reactive ketones (excluding diaryl/α,β-unsaturated/α-hetero) is 1. The van der Waals surface area contributed by atoms with Gasteiger partial charge in [-0.2, -0.15) is 23.3 Å². The molecule has 24 heavy (non-hydrogen) atoms. The van der Waals surface area contributed by atoms with Crippen LogP contribution >= 0.6 is 0 Å². The number of ketones is 1. The quantitative estimate of drug-likeness (QED) is 0.869. The summed E-state index contributed by atoms with van der Waals surface area (Å²) in [7, 11) is 0. The van der Waals surface area contributed by atoms with Gasteiger partial charge in [0.2, 0.25) is 5.95 Å². The van der Waals surface area contributed by atoms with Crippen LogP contribution in [0.1, 0.15) is 36.4 Å². The molecule has 1 aromatic carbocycles. The molecule has 0 spiro atoms. The number of rotatable bonds is 1. The lowest BCUT2D eigenvalue weighted by atomic mass is 9.84. The van der Waals surface area contributed by atoms with Gasteiger partial charge in [-0.1, -0.05) is 18.2 Å². The van der Waals surface area contributed by atoms with E-state index in [9.17, 15) is 18.0 Å². The van der Waals surface area contributed by atoms with E-state index in [1.807, 2.05) is 0 Å². The normalized spacial score (nSPS) is 20.5. The molecule has 1 N–H and O–H groups in total. The number of carbonyl (C=O) groups is 1. The molecule has 0 bridgehead atoms. The molecule has 1 aliphatic heterocycles. The maximum atomic E-state index is 13.5. The predicted molar refractivity (Wildman–Crippen MR) is 79.1 cm³/mol. The Bertz CT molecular complexity index is 853. The zero-order valence-electron chi connectivity index (χ0n) is 12.5. The van der Waals surface area contributed by atoms with E-state index >= 15 is 0 Å². The van der Waals surface area contributed by atoms with Crippen molar-refractivity contribution in [3.63, 3.8) is 0 Å². The number of carbonyl (C=O) groups excluding carboxylic acids is 1. The Kier molecular flexibility index (Phi) is 3.22. The van der Waals surface area contributed by atoms with Crippen molar-refractivity contribution < 1.29 is 18.0 Å². The van der Waals surface area contributed by atoms with E-state index in [1.54, 1.807) is 0 Å². The lowest BCUT2D eigenvalue weighted by Crippen LogP contribution is -2.32. The van der Waals surface area contributed by atoms with Gasteiger partial charge in [-0.15, -0.1) is 0 Å². The number of hydrogen-bond acceptors (Lipinski definition) is 4. The third kappa shape index (κ3) is 2.21. The number of anilines is 1. The number of hydrogen-bond donors (Lipinski definition) is 1. The van der Waals surface area contributed by atoms with Crippen LogP contribution in [0.3, 0.4) is 0 Å². The van der Waals surface area contributed by atoms with Gasteiger partial charge in [0.25, 0.3) is 0 Å². The fourth-order valence-corrected chi connectivity index (χ4v) is 3.38. The highest BCUT2D eigenvalue weighted by Crippen LogP contribution is 2.43. The number of alkyl halides is 3. The summed E-state index contributed by atoms with van der Waals surface area (Å²) < 4.78 is 41.7. The second-order valence-electron chi connectivity index (χ2n) is 5.81. The van der Waals surface area contributed by atoms with Crippen molar-refractivity contribution in [2.45, 2.75) is 31.5 Å². The average Bonchev–Trinajstić information content (AvgIpc) is 3.00. The molecule has 2 aliphatic rings. The second kappa shape index (κ2) is 5.19. The number of nitrogens with one attached hydrogen (secondary N) is 1. The Morgan fingerprint density at radius 1 is 1.21 bits per heavy atom. The molecule has 1 unspecified atom stereocenters. The van der Waals surface area contributed by atoms with E-state index in [-0.39, 0.29) is 11.3 Å². The molecule has 0 radical (unpaired) electrons. The van der Waals surface area contributed by atoms with Crippen molar-refractivity contribution in [2.75, 3.05) is 5.32 Å². The van der Waals surface area contributed by atoms with Gasteiger partial charge >= 0.3 is 6.18 Å². The van der Waals surface area contributed by atoms with Crippen LogP contribution in [0.2, 0.25) is 0 Å². The molecule has 0 saturated heterocycles. The number of benzene rings is 1. The molecular formula is C16H13F3N4O. The van der Waals surface area contributed by atoms with Gasteiger partial charge in [-0.25, -0.2) is 4.68 Å². The summed E-state index contributed by atoms with van der Waals surface area (Å²) >= 11 is 0. The second-order valence-corrected chi connectivity index (χ2v) is 5.81. The van der Waals surface area contributed by atoms with Crippen molar-refractivity contribution in [3.05, 3.63) is 53.0 Å². The Hall–Kier alpha value is -2.64. The fraction of sp³-hybridized carbons (Fsp3) is 0.312. The highest BCUT2D eigenvalue weighted by molar-refractivity contribution is 5.99. The molecule has 0 saturated carbocycles. The van der Waals surface area contributed by atoms with E-state index in [0.29, 0.717) is 36.5 Å². The van der Waals surface area contributed by atoms with Crippen LogP contribution in [0, 0.1) is 0 Å². The number of nitrogens with zero attached hydrogens (tertiary/aromatic N) is 3. The van der Waals surface area contributed by atoms with Crippen LogP contribution < -0.4 is 5.32 Å². The summed E-state index contributed by atoms with van der Waals surface area (Å²) in [5.41, 5.74) is 0.259. The molecule has 0 amide bonds. The summed E-state index contributed by atoms with van der Waals surface area (Å²) in [6, 6.07) is 4.40. The minimum absolute atomic E-state index is 0.0148. The number of fused-ring (bicyclic) bond motifs is 1. The van der Waals surface area contributed by atoms with Gasteiger partial charge in [-0.3, -0.25) is 4.79 Å². The molecule has 2 aromatic rings. The minimum atomic E-state index is -4.51. The van der Waals surface area contributed by atoms with Crippen LogP contribution in [0.5, 0.6) is 0 Å². The highest BCUT2D eigenvalue weighted by Gasteiger charge is 2.41. The van der Waals surface area contributed by atoms with E-state index in [2.05, 4.69) is 15.4 Å². The first-order chi connectivity index (χ1) is 11.5. The molecule has 1 aromatic heterocycles. The summed E-state index contributed by atoms with van der Waals surface area (Å²) in [5.74, 6) is 0.206. The van der Waals surface area contributed by atoms with Gasteiger partial charge in [0.15, 0.2) is 5.78 Å². The van der Waals surface area contributed by atoms with Crippen LogP contribution in [0.25, 0.3) is 0 Å². The molecule has 4 rings (SSSR count). The maximum absolute atomic E-state index is 13.5. The number of aromatic nitrogens is 3. The molecule has 0 fully saturated rings. The lowest BCUT2D eigenvalue weighted by molar-refractivity contribution is -0.138. The van der Waals surface area contributed by atoms with Crippen molar-refractivity contribution in [2.24, 2.45) is 0 Å². The van der Waals surface area contributed by atoms with Crippen LogP contribution in [-0.4, -0.2) is 20.5 Å². The SMILES string of the molecule is O=C1CCCC2=C1C(c1ccccc1C(F)(F)F)n1ncnc1N2. The zero-order valence-corrected chi connectivity index (χ0v) is 12.5. The molecule has 5 nitrogen and oxygen atoms in total. The van der Waals surface area contributed by atoms with Gasteiger partial charge in [0.1, 0.15) is 12.4 Å². The molecule has 1 atom stereocenters. The Morgan fingerprint density at radius 3 is 2.79 bits per heavy atom. The highest BCUT2D eigenvalue weighted by atomic mass is 19.4. The summed E-state index contributed by atoms with van der Waals surface area (Å²) in [6.45, 7) is 0. The van der Waals surface area contributed by atoms with Crippen LogP contribution in [0.15, 0.2) is 41.9 Å². The first-order valence-corrected chi connectivity index (χ1v) is 7.55. The zero-order chi connectivity index (χ0) is 16.9. The monoisotopic (exact) mass is 334 g/mol. The topological polar surface area (TPSA) is 59.8 Å². The smallest absolute Gasteiger partial charge is 0.328 e. The largest absolute Gasteiger partial charge is 0.416 e. The van der Waals surface area contributed by atoms with Crippen molar-refractivity contribution >= 4 is 11.7 Å². The molecule has 2 heterocycles. The van der Waals surface area contributed by atoms with Gasteiger partial charge in [0.05, 0.1) is 5.56 Å². The predicted octanol–water partition coefficient (Wildman–Crippen LogP) is 3.32. The van der Waals surface area contributed by atoms with Gasteiger partial charge in [0, 0.05) is 17.7 Å². The first-order valence-electron chi connectivity index (χ1n) is 7.55. The molecule has 8 heteroatoms. The first kappa shape index (κ1) is 14.9. The molecular weight excluding hydrogens is 321 g/mol. The third-order valence-corrected chi connectivity index (χ3v) is 4.37. The Labute approximate surface area is 135 Å².